The van der Waals surface area contributed by atoms with Crippen molar-refractivity contribution in [1.29, 1.82) is 0 Å². The van der Waals surface area contributed by atoms with Crippen molar-refractivity contribution in [3.8, 4) is 5.69 Å². The van der Waals surface area contributed by atoms with Crippen molar-refractivity contribution in [2.45, 2.75) is 18.1 Å². The fourth-order valence-electron chi connectivity index (χ4n) is 3.10. The number of hydrogen-bond donors (Lipinski definition) is 2. The third kappa shape index (κ3) is 6.37. The Balaban J connectivity index is 1.43. The lowest BCUT2D eigenvalue weighted by Crippen LogP contribution is -2.13. The predicted octanol–water partition coefficient (Wildman–Crippen LogP) is 6.42. The molecule has 33 heavy (non-hydrogen) atoms. The zero-order chi connectivity index (χ0) is 23.0. The van der Waals surface area contributed by atoms with Gasteiger partial charge in [0.1, 0.15) is 0 Å². The smallest absolute Gasteiger partial charge is 0.225 e. The minimum Gasteiger partial charge on any atom is -0.378 e. The molecular formula is C24H21BrClN5OS. The Bertz CT molecular complexity index is 1220. The first-order chi connectivity index (χ1) is 16.1. The second-order valence-corrected chi connectivity index (χ2v) is 9.41. The molecule has 0 unspecified atom stereocenters. The second-order valence-electron chi connectivity index (χ2n) is 7.06. The molecule has 0 saturated carbocycles. The lowest BCUT2D eigenvalue weighted by atomic mass is 10.3. The van der Waals surface area contributed by atoms with E-state index in [0.717, 1.165) is 32.5 Å². The van der Waals surface area contributed by atoms with Crippen molar-refractivity contribution in [3.05, 3.63) is 94.2 Å². The highest BCUT2D eigenvalue weighted by Crippen LogP contribution is 2.25. The SMILES string of the molecule is O=C(CCSc1nnc(CNc2ccc(Cl)cc2)n1-c1ccccc1)Nc1ccccc1Br. The molecule has 0 aliphatic rings. The highest BCUT2D eigenvalue weighted by molar-refractivity contribution is 9.10. The van der Waals surface area contributed by atoms with Crippen molar-refractivity contribution >= 4 is 56.6 Å². The molecule has 3 aromatic carbocycles. The monoisotopic (exact) mass is 541 g/mol. The zero-order valence-corrected chi connectivity index (χ0v) is 20.7. The number of halogens is 2. The second kappa shape index (κ2) is 11.4. The lowest BCUT2D eigenvalue weighted by Gasteiger charge is -2.11. The van der Waals surface area contributed by atoms with E-state index < -0.39 is 0 Å². The number of hydrogen-bond acceptors (Lipinski definition) is 5. The van der Waals surface area contributed by atoms with Crippen LogP contribution in [-0.2, 0) is 11.3 Å². The number of amides is 1. The Kier molecular flexibility index (Phi) is 8.04. The number of para-hydroxylation sites is 2. The van der Waals surface area contributed by atoms with E-state index in [0.29, 0.717) is 23.7 Å². The molecule has 0 aliphatic carbocycles. The normalized spacial score (nSPS) is 10.7. The number of anilines is 2. The van der Waals surface area contributed by atoms with Crippen LogP contribution in [0, 0.1) is 0 Å². The molecule has 4 rings (SSSR count). The summed E-state index contributed by atoms with van der Waals surface area (Å²) < 4.78 is 2.87. The Morgan fingerprint density at radius 3 is 2.45 bits per heavy atom. The molecule has 0 radical (unpaired) electrons. The van der Waals surface area contributed by atoms with Gasteiger partial charge in [-0.25, -0.2) is 0 Å². The maximum Gasteiger partial charge on any atom is 0.225 e. The number of aromatic nitrogens is 3. The lowest BCUT2D eigenvalue weighted by molar-refractivity contribution is -0.115. The highest BCUT2D eigenvalue weighted by atomic mass is 79.9. The summed E-state index contributed by atoms with van der Waals surface area (Å²) in [5.74, 6) is 1.30. The van der Waals surface area contributed by atoms with E-state index in [1.807, 2.05) is 83.4 Å². The first-order valence-corrected chi connectivity index (χ1v) is 12.4. The highest BCUT2D eigenvalue weighted by Gasteiger charge is 2.15. The van der Waals surface area contributed by atoms with Gasteiger partial charge in [-0.2, -0.15) is 0 Å². The fourth-order valence-corrected chi connectivity index (χ4v) is 4.52. The summed E-state index contributed by atoms with van der Waals surface area (Å²) in [7, 11) is 0. The molecule has 168 valence electrons. The zero-order valence-electron chi connectivity index (χ0n) is 17.5. The number of nitrogens with one attached hydrogen (secondary N) is 2. The third-order valence-corrected chi connectivity index (χ3v) is 6.59. The summed E-state index contributed by atoms with van der Waals surface area (Å²) in [5, 5.41) is 16.5. The average Bonchev–Trinajstić information content (AvgIpc) is 3.23. The van der Waals surface area contributed by atoms with E-state index in [-0.39, 0.29) is 5.91 Å². The molecular weight excluding hydrogens is 522 g/mol. The summed E-state index contributed by atoms with van der Waals surface area (Å²) >= 11 is 10.9. The molecule has 2 N–H and O–H groups in total. The number of nitrogens with zero attached hydrogens (tertiary/aromatic N) is 3. The number of carbonyl (C=O) groups excluding carboxylic acids is 1. The first-order valence-electron chi connectivity index (χ1n) is 10.3. The van der Waals surface area contributed by atoms with Crippen molar-refractivity contribution in [3.63, 3.8) is 0 Å². The number of benzene rings is 3. The van der Waals surface area contributed by atoms with Gasteiger partial charge >= 0.3 is 0 Å². The molecule has 0 fully saturated rings. The van der Waals surface area contributed by atoms with Crippen molar-refractivity contribution < 1.29 is 4.79 Å². The van der Waals surface area contributed by atoms with Crippen molar-refractivity contribution in [1.82, 2.24) is 14.8 Å². The molecule has 0 spiro atoms. The van der Waals surface area contributed by atoms with Crippen LogP contribution < -0.4 is 10.6 Å². The van der Waals surface area contributed by atoms with Crippen LogP contribution in [0.4, 0.5) is 11.4 Å². The summed E-state index contributed by atoms with van der Waals surface area (Å²) in [6, 6.07) is 25.0. The number of rotatable bonds is 9. The number of thioether (sulfide) groups is 1. The molecule has 9 heteroatoms. The largest absolute Gasteiger partial charge is 0.378 e. The topological polar surface area (TPSA) is 71.8 Å². The minimum atomic E-state index is -0.0511. The Hall–Kier alpha value is -2.81. The Morgan fingerprint density at radius 1 is 0.970 bits per heavy atom. The fraction of sp³-hybridized carbons (Fsp3) is 0.125. The summed E-state index contributed by atoms with van der Waals surface area (Å²) in [6.07, 6.45) is 0.353. The Labute approximate surface area is 209 Å². The van der Waals surface area contributed by atoms with Crippen LogP contribution in [0.1, 0.15) is 12.2 Å². The molecule has 1 amide bonds. The van der Waals surface area contributed by atoms with Gasteiger partial charge in [-0.15, -0.1) is 10.2 Å². The van der Waals surface area contributed by atoms with Gasteiger partial charge in [0.15, 0.2) is 11.0 Å². The quantitative estimate of drug-likeness (QED) is 0.239. The van der Waals surface area contributed by atoms with E-state index >= 15 is 0 Å². The van der Waals surface area contributed by atoms with E-state index in [1.54, 1.807) is 0 Å². The van der Waals surface area contributed by atoms with Gasteiger partial charge in [-0.3, -0.25) is 9.36 Å². The Morgan fingerprint density at radius 2 is 1.70 bits per heavy atom. The van der Waals surface area contributed by atoms with Crippen LogP contribution in [-0.4, -0.2) is 26.4 Å². The van der Waals surface area contributed by atoms with Crippen LogP contribution >= 0.6 is 39.3 Å². The van der Waals surface area contributed by atoms with Gasteiger partial charge in [-0.1, -0.05) is 53.7 Å². The molecule has 1 aromatic heterocycles. The first kappa shape index (κ1) is 23.4. The molecule has 6 nitrogen and oxygen atoms in total. The molecule has 0 atom stereocenters. The van der Waals surface area contributed by atoms with Gasteiger partial charge in [-0.05, 0) is 64.5 Å². The summed E-state index contributed by atoms with van der Waals surface area (Å²) in [5.41, 5.74) is 2.67. The predicted molar refractivity (Wildman–Crippen MR) is 138 cm³/mol. The van der Waals surface area contributed by atoms with E-state index in [4.69, 9.17) is 11.6 Å². The van der Waals surface area contributed by atoms with Crippen LogP contribution in [0.3, 0.4) is 0 Å². The van der Waals surface area contributed by atoms with Gasteiger partial charge in [0.05, 0.1) is 12.2 Å². The van der Waals surface area contributed by atoms with Crippen LogP contribution in [0.15, 0.2) is 88.5 Å². The van der Waals surface area contributed by atoms with Crippen molar-refractivity contribution in [2.24, 2.45) is 0 Å². The number of carbonyl (C=O) groups is 1. The standard InChI is InChI=1S/C24H21BrClN5OS/c25-20-8-4-5-9-21(20)28-23(32)14-15-33-24-30-29-22(31(24)19-6-2-1-3-7-19)16-27-18-12-10-17(26)11-13-18/h1-13,27H,14-16H2,(H,28,32). The molecule has 1 heterocycles. The van der Waals surface area contributed by atoms with Crippen LogP contribution in [0.2, 0.25) is 5.02 Å². The summed E-state index contributed by atoms with van der Waals surface area (Å²) in [4.78, 5) is 12.4. The van der Waals surface area contributed by atoms with Gasteiger partial charge in [0.2, 0.25) is 5.91 Å². The van der Waals surface area contributed by atoms with E-state index in [9.17, 15) is 4.79 Å². The minimum absolute atomic E-state index is 0.0511. The molecule has 0 aliphatic heterocycles. The third-order valence-electron chi connectivity index (χ3n) is 4.72. The van der Waals surface area contributed by atoms with Gasteiger partial charge in [0, 0.05) is 33.0 Å². The van der Waals surface area contributed by atoms with Crippen LogP contribution in [0.5, 0.6) is 0 Å². The van der Waals surface area contributed by atoms with Gasteiger partial charge in [0.25, 0.3) is 0 Å². The summed E-state index contributed by atoms with van der Waals surface area (Å²) in [6.45, 7) is 0.493. The molecule has 0 saturated heterocycles. The van der Waals surface area contributed by atoms with E-state index in [1.165, 1.54) is 11.8 Å². The molecule has 4 aromatic rings. The van der Waals surface area contributed by atoms with E-state index in [2.05, 4.69) is 36.8 Å². The van der Waals surface area contributed by atoms with Crippen LogP contribution in [0.25, 0.3) is 5.69 Å². The average molecular weight is 543 g/mol. The maximum atomic E-state index is 12.4. The van der Waals surface area contributed by atoms with Gasteiger partial charge < -0.3 is 10.6 Å². The maximum absolute atomic E-state index is 12.4. The molecule has 0 bridgehead atoms. The van der Waals surface area contributed by atoms with Crippen molar-refractivity contribution in [2.75, 3.05) is 16.4 Å².